The van der Waals surface area contributed by atoms with E-state index < -0.39 is 5.25 Å². The summed E-state index contributed by atoms with van der Waals surface area (Å²) in [5, 5.41) is 0.684. The molecule has 0 amide bonds. The Balaban J connectivity index is 1.86. The number of rotatable bonds is 5. The number of aryl methyl sites for hydroxylation is 2. The molecule has 4 rings (SSSR count). The Labute approximate surface area is 179 Å². The van der Waals surface area contributed by atoms with Crippen molar-refractivity contribution in [3.05, 3.63) is 99.8 Å². The van der Waals surface area contributed by atoms with Gasteiger partial charge in [0.05, 0.1) is 21.8 Å². The van der Waals surface area contributed by atoms with E-state index in [1.54, 1.807) is 10.6 Å². The lowest BCUT2D eigenvalue weighted by Gasteiger charge is -2.17. The third-order valence-corrected chi connectivity index (χ3v) is 6.10. The van der Waals surface area contributed by atoms with E-state index in [0.29, 0.717) is 21.6 Å². The molecule has 1 aromatic heterocycles. The second kappa shape index (κ2) is 8.28. The van der Waals surface area contributed by atoms with Crippen LogP contribution in [0.1, 0.15) is 28.4 Å². The number of benzene rings is 3. The summed E-state index contributed by atoms with van der Waals surface area (Å²) in [6.45, 7) is 5.86. The number of Topliss-reactive ketones (excluding diaryl/α,β-unsaturated/α-hetero) is 1. The Morgan fingerprint density at radius 2 is 1.67 bits per heavy atom. The summed E-state index contributed by atoms with van der Waals surface area (Å²) < 4.78 is 1.64. The smallest absolute Gasteiger partial charge is 0.266 e. The van der Waals surface area contributed by atoms with Crippen LogP contribution in [-0.2, 0) is 0 Å². The zero-order valence-corrected chi connectivity index (χ0v) is 17.9. The molecule has 1 heterocycles. The van der Waals surface area contributed by atoms with Crippen LogP contribution in [0.4, 0.5) is 0 Å². The van der Waals surface area contributed by atoms with E-state index in [-0.39, 0.29) is 11.3 Å². The van der Waals surface area contributed by atoms with Gasteiger partial charge in [0.2, 0.25) is 0 Å². The predicted molar refractivity (Wildman–Crippen MR) is 123 cm³/mol. The Morgan fingerprint density at radius 1 is 0.967 bits per heavy atom. The van der Waals surface area contributed by atoms with Crippen molar-refractivity contribution in [2.75, 3.05) is 0 Å². The Morgan fingerprint density at radius 3 is 2.40 bits per heavy atom. The number of carbonyl (C=O) groups is 1. The molecular weight excluding hydrogens is 392 g/mol. The molecule has 0 radical (unpaired) electrons. The summed E-state index contributed by atoms with van der Waals surface area (Å²) in [7, 11) is 0. The zero-order valence-electron chi connectivity index (χ0n) is 17.1. The van der Waals surface area contributed by atoms with Crippen molar-refractivity contribution in [2.45, 2.75) is 31.2 Å². The minimum absolute atomic E-state index is 0.00943. The van der Waals surface area contributed by atoms with Gasteiger partial charge in [0, 0.05) is 5.56 Å². The van der Waals surface area contributed by atoms with Crippen molar-refractivity contribution in [1.29, 1.82) is 0 Å². The van der Waals surface area contributed by atoms with Crippen LogP contribution >= 0.6 is 11.8 Å². The summed E-state index contributed by atoms with van der Waals surface area (Å²) in [5.41, 5.74) is 4.04. The van der Waals surface area contributed by atoms with Gasteiger partial charge >= 0.3 is 0 Å². The van der Waals surface area contributed by atoms with Crippen molar-refractivity contribution in [3.63, 3.8) is 0 Å². The molecule has 0 saturated carbocycles. The fourth-order valence-electron chi connectivity index (χ4n) is 3.51. The van der Waals surface area contributed by atoms with Gasteiger partial charge in [0.1, 0.15) is 0 Å². The van der Waals surface area contributed by atoms with Gasteiger partial charge in [-0.2, -0.15) is 0 Å². The summed E-state index contributed by atoms with van der Waals surface area (Å²) in [5.74, 6) is 0.00943. The van der Waals surface area contributed by atoms with Crippen LogP contribution in [0.25, 0.3) is 16.6 Å². The second-order valence-corrected chi connectivity index (χ2v) is 8.64. The number of nitrogens with zero attached hydrogens (tertiary/aromatic N) is 2. The fourth-order valence-corrected chi connectivity index (χ4v) is 4.51. The Hall–Kier alpha value is -3.18. The van der Waals surface area contributed by atoms with Crippen LogP contribution in [-0.4, -0.2) is 20.6 Å². The van der Waals surface area contributed by atoms with Crippen molar-refractivity contribution >= 4 is 28.4 Å². The van der Waals surface area contributed by atoms with Crippen LogP contribution in [0.3, 0.4) is 0 Å². The van der Waals surface area contributed by atoms with Gasteiger partial charge in [-0.15, -0.1) is 0 Å². The van der Waals surface area contributed by atoms with Crippen LogP contribution in [0.15, 0.2) is 82.7 Å². The van der Waals surface area contributed by atoms with Crippen LogP contribution < -0.4 is 5.56 Å². The average molecular weight is 415 g/mol. The van der Waals surface area contributed by atoms with E-state index >= 15 is 0 Å². The van der Waals surface area contributed by atoms with Crippen molar-refractivity contribution < 1.29 is 4.79 Å². The number of thioether (sulfide) groups is 1. The molecule has 0 saturated heterocycles. The molecule has 1 atom stereocenters. The van der Waals surface area contributed by atoms with Crippen molar-refractivity contribution in [2.24, 2.45) is 0 Å². The minimum atomic E-state index is -0.391. The normalized spacial score (nSPS) is 12.1. The summed E-state index contributed by atoms with van der Waals surface area (Å²) in [6, 6.07) is 22.5. The number of hydrogen-bond acceptors (Lipinski definition) is 4. The van der Waals surface area contributed by atoms with E-state index in [2.05, 4.69) is 0 Å². The van der Waals surface area contributed by atoms with Crippen LogP contribution in [0, 0.1) is 13.8 Å². The summed E-state index contributed by atoms with van der Waals surface area (Å²) >= 11 is 1.31. The molecule has 4 aromatic rings. The van der Waals surface area contributed by atoms with Gasteiger partial charge in [0.25, 0.3) is 5.56 Å². The van der Waals surface area contributed by atoms with Gasteiger partial charge < -0.3 is 0 Å². The highest BCUT2D eigenvalue weighted by Crippen LogP contribution is 2.28. The highest BCUT2D eigenvalue weighted by Gasteiger charge is 2.21. The first-order valence-electron chi connectivity index (χ1n) is 9.81. The van der Waals surface area contributed by atoms with E-state index in [9.17, 15) is 9.59 Å². The molecule has 5 heteroatoms. The molecule has 3 aromatic carbocycles. The fraction of sp³-hybridized carbons (Fsp3) is 0.160. The number of ketones is 1. The van der Waals surface area contributed by atoms with E-state index in [4.69, 9.17) is 4.98 Å². The lowest BCUT2D eigenvalue weighted by molar-refractivity contribution is 0.0994. The monoisotopic (exact) mass is 414 g/mol. The molecule has 4 nitrogen and oxygen atoms in total. The molecule has 0 bridgehead atoms. The number of hydrogen-bond donors (Lipinski definition) is 0. The maximum atomic E-state index is 13.4. The first kappa shape index (κ1) is 20.1. The number of fused-ring (bicyclic) bond motifs is 1. The molecule has 150 valence electrons. The lowest BCUT2D eigenvalue weighted by atomic mass is 10.1. The molecule has 30 heavy (non-hydrogen) atoms. The van der Waals surface area contributed by atoms with Crippen LogP contribution in [0.5, 0.6) is 0 Å². The summed E-state index contributed by atoms with van der Waals surface area (Å²) in [6.07, 6.45) is 0. The number of para-hydroxylation sites is 1. The van der Waals surface area contributed by atoms with E-state index in [1.807, 2.05) is 87.5 Å². The van der Waals surface area contributed by atoms with Gasteiger partial charge in [-0.3, -0.25) is 14.2 Å². The third-order valence-electron chi connectivity index (χ3n) is 5.05. The van der Waals surface area contributed by atoms with E-state index in [0.717, 1.165) is 16.8 Å². The Kier molecular flexibility index (Phi) is 5.55. The highest BCUT2D eigenvalue weighted by atomic mass is 32.2. The zero-order chi connectivity index (χ0) is 21.3. The minimum Gasteiger partial charge on any atom is -0.293 e. The molecular formula is C25H22N2O2S. The number of aromatic nitrogens is 2. The maximum absolute atomic E-state index is 13.4. The largest absolute Gasteiger partial charge is 0.293 e. The van der Waals surface area contributed by atoms with Gasteiger partial charge in [-0.25, -0.2) is 4.98 Å². The van der Waals surface area contributed by atoms with Gasteiger partial charge in [-0.05, 0) is 44.5 Å². The predicted octanol–water partition coefficient (Wildman–Crippen LogP) is 5.37. The first-order chi connectivity index (χ1) is 14.5. The van der Waals surface area contributed by atoms with E-state index in [1.165, 1.54) is 11.8 Å². The first-order valence-corrected chi connectivity index (χ1v) is 10.7. The number of carbonyl (C=O) groups excluding carboxylic acids is 1. The molecule has 0 aliphatic rings. The molecule has 1 unspecified atom stereocenters. The molecule has 0 aliphatic heterocycles. The Bertz CT molecular complexity index is 1300. The second-order valence-electron chi connectivity index (χ2n) is 7.33. The van der Waals surface area contributed by atoms with Gasteiger partial charge in [0.15, 0.2) is 10.9 Å². The van der Waals surface area contributed by atoms with Crippen LogP contribution in [0.2, 0.25) is 0 Å². The molecule has 0 fully saturated rings. The topological polar surface area (TPSA) is 52.0 Å². The molecule has 0 spiro atoms. The van der Waals surface area contributed by atoms with Crippen molar-refractivity contribution in [1.82, 2.24) is 9.55 Å². The average Bonchev–Trinajstić information content (AvgIpc) is 2.75. The molecule has 0 aliphatic carbocycles. The highest BCUT2D eigenvalue weighted by molar-refractivity contribution is 8.00. The van der Waals surface area contributed by atoms with Crippen molar-refractivity contribution in [3.8, 4) is 5.69 Å². The summed E-state index contributed by atoms with van der Waals surface area (Å²) in [4.78, 5) is 31.1. The lowest BCUT2D eigenvalue weighted by Crippen LogP contribution is -2.24. The quantitative estimate of drug-likeness (QED) is 0.250. The maximum Gasteiger partial charge on any atom is 0.266 e. The molecule has 0 N–H and O–H groups in total. The standard InChI is InChI=1S/C25H22N2O2S/c1-16-13-14-22(17(2)15-16)27-24(29)20-11-7-8-12-21(20)26-25(27)30-18(3)23(28)19-9-5-4-6-10-19/h4-15,18H,1-3H3. The SMILES string of the molecule is Cc1ccc(-n2c(SC(C)C(=O)c3ccccc3)nc3ccccc3c2=O)c(C)c1. The van der Waals surface area contributed by atoms with Gasteiger partial charge in [-0.1, -0.05) is 71.9 Å². The third kappa shape index (κ3) is 3.81.